The highest BCUT2D eigenvalue weighted by Gasteiger charge is 2.31. The van der Waals surface area contributed by atoms with Gasteiger partial charge < -0.3 is 20.3 Å². The second-order valence-corrected chi connectivity index (χ2v) is 7.96. The van der Waals surface area contributed by atoms with Crippen LogP contribution in [0.4, 0.5) is 16.2 Å². The van der Waals surface area contributed by atoms with Crippen molar-refractivity contribution in [2.24, 2.45) is 5.92 Å². The zero-order chi connectivity index (χ0) is 21.8. The Hall–Kier alpha value is -3.39. The van der Waals surface area contributed by atoms with Gasteiger partial charge in [0.25, 0.3) is 0 Å². The Bertz CT molecular complexity index is 1080. The molecule has 1 saturated carbocycles. The predicted octanol–water partition coefficient (Wildman–Crippen LogP) is 5.39. The smallest absolute Gasteiger partial charge is 0.323 e. The fourth-order valence-electron chi connectivity index (χ4n) is 3.72. The van der Waals surface area contributed by atoms with E-state index in [1.807, 2.05) is 0 Å². The highest BCUT2D eigenvalue weighted by Crippen LogP contribution is 2.36. The SMILES string of the molecule is O=C(Nc1ccc(-c2noc(C3CCCC(C(=O)O)C3)n2)cc1)Nc1cccc(Cl)c1. The van der Waals surface area contributed by atoms with E-state index in [0.717, 1.165) is 18.4 Å². The number of anilines is 2. The molecule has 2 unspecified atom stereocenters. The number of amides is 2. The molecule has 3 N–H and O–H groups in total. The van der Waals surface area contributed by atoms with E-state index >= 15 is 0 Å². The van der Waals surface area contributed by atoms with Gasteiger partial charge >= 0.3 is 12.0 Å². The molecule has 1 fully saturated rings. The molecule has 2 aromatic carbocycles. The van der Waals surface area contributed by atoms with Crippen LogP contribution in [0.3, 0.4) is 0 Å². The molecule has 31 heavy (non-hydrogen) atoms. The standard InChI is InChI=1S/C22H21ClN4O4/c23-16-5-2-6-18(12-16)25-22(30)24-17-9-7-13(8-10-17)19-26-20(31-27-19)14-3-1-4-15(11-14)21(28)29/h2,5-10,12,14-15H,1,3-4,11H2,(H,28,29)(H2,24,25,30). The highest BCUT2D eigenvalue weighted by molar-refractivity contribution is 6.30. The number of carboxylic acids is 1. The Kier molecular flexibility index (Phi) is 6.18. The molecule has 3 aromatic rings. The average Bonchev–Trinajstić information content (AvgIpc) is 3.24. The lowest BCUT2D eigenvalue weighted by atomic mass is 9.81. The highest BCUT2D eigenvalue weighted by atomic mass is 35.5. The number of carbonyl (C=O) groups excluding carboxylic acids is 1. The number of nitrogens with one attached hydrogen (secondary N) is 2. The number of urea groups is 1. The molecule has 0 radical (unpaired) electrons. The molecule has 8 nitrogen and oxygen atoms in total. The third-order valence-electron chi connectivity index (χ3n) is 5.30. The lowest BCUT2D eigenvalue weighted by Gasteiger charge is -2.23. The van der Waals surface area contributed by atoms with Gasteiger partial charge in [0.2, 0.25) is 11.7 Å². The molecule has 0 bridgehead atoms. The Morgan fingerprint density at radius 1 is 1.06 bits per heavy atom. The van der Waals surface area contributed by atoms with Gasteiger partial charge in [-0.05, 0) is 61.7 Å². The number of rotatable bonds is 5. The summed E-state index contributed by atoms with van der Waals surface area (Å²) in [4.78, 5) is 27.9. The lowest BCUT2D eigenvalue weighted by molar-refractivity contribution is -0.143. The van der Waals surface area contributed by atoms with E-state index in [2.05, 4.69) is 20.8 Å². The number of aliphatic carboxylic acids is 1. The summed E-state index contributed by atoms with van der Waals surface area (Å²) in [5, 5.41) is 19.3. The molecule has 9 heteroatoms. The minimum atomic E-state index is -0.771. The fourth-order valence-corrected chi connectivity index (χ4v) is 3.91. The van der Waals surface area contributed by atoms with Crippen LogP contribution in [0.15, 0.2) is 53.1 Å². The van der Waals surface area contributed by atoms with Gasteiger partial charge in [0.15, 0.2) is 0 Å². The van der Waals surface area contributed by atoms with E-state index in [1.54, 1.807) is 48.5 Å². The minimum Gasteiger partial charge on any atom is -0.481 e. The minimum absolute atomic E-state index is 0.0350. The summed E-state index contributed by atoms with van der Waals surface area (Å²) in [5.41, 5.74) is 1.93. The first-order valence-electron chi connectivity index (χ1n) is 9.98. The molecule has 160 valence electrons. The normalized spacial score (nSPS) is 18.4. The summed E-state index contributed by atoms with van der Waals surface area (Å²) >= 11 is 5.92. The molecular formula is C22H21ClN4O4. The van der Waals surface area contributed by atoms with Crippen LogP contribution < -0.4 is 10.6 Å². The van der Waals surface area contributed by atoms with E-state index in [-0.39, 0.29) is 17.9 Å². The summed E-state index contributed by atoms with van der Waals surface area (Å²) in [6, 6.07) is 13.5. The van der Waals surface area contributed by atoms with Gasteiger partial charge in [-0.3, -0.25) is 4.79 Å². The lowest BCUT2D eigenvalue weighted by Crippen LogP contribution is -2.21. The van der Waals surface area contributed by atoms with Crippen molar-refractivity contribution in [1.82, 2.24) is 10.1 Å². The first-order chi connectivity index (χ1) is 15.0. The third kappa shape index (κ3) is 5.21. The molecule has 0 spiro atoms. The Balaban J connectivity index is 1.38. The zero-order valence-electron chi connectivity index (χ0n) is 16.5. The quantitative estimate of drug-likeness (QED) is 0.489. The van der Waals surface area contributed by atoms with Gasteiger partial charge in [-0.2, -0.15) is 4.98 Å². The Morgan fingerprint density at radius 3 is 2.58 bits per heavy atom. The largest absolute Gasteiger partial charge is 0.481 e. The molecule has 2 atom stereocenters. The van der Waals surface area contributed by atoms with Gasteiger partial charge in [0.1, 0.15) is 0 Å². The molecule has 1 heterocycles. The second kappa shape index (κ2) is 9.18. The summed E-state index contributed by atoms with van der Waals surface area (Å²) in [7, 11) is 0. The van der Waals surface area contributed by atoms with Crippen LogP contribution in [0.1, 0.15) is 37.5 Å². The van der Waals surface area contributed by atoms with E-state index in [9.17, 15) is 14.7 Å². The van der Waals surface area contributed by atoms with Crippen LogP contribution in [0.25, 0.3) is 11.4 Å². The number of carbonyl (C=O) groups is 2. The number of hydrogen-bond donors (Lipinski definition) is 3. The van der Waals surface area contributed by atoms with Crippen LogP contribution in [-0.2, 0) is 4.79 Å². The van der Waals surface area contributed by atoms with Crippen LogP contribution in [-0.4, -0.2) is 27.2 Å². The van der Waals surface area contributed by atoms with E-state index in [0.29, 0.717) is 41.0 Å². The monoisotopic (exact) mass is 440 g/mol. The third-order valence-corrected chi connectivity index (χ3v) is 5.53. The number of halogens is 1. The van der Waals surface area contributed by atoms with Gasteiger partial charge in [-0.25, -0.2) is 4.79 Å². The average molecular weight is 441 g/mol. The maximum Gasteiger partial charge on any atom is 0.323 e. The van der Waals surface area contributed by atoms with Crippen molar-refractivity contribution < 1.29 is 19.2 Å². The maximum absolute atomic E-state index is 12.2. The van der Waals surface area contributed by atoms with Gasteiger partial charge in [-0.15, -0.1) is 0 Å². The van der Waals surface area contributed by atoms with Crippen molar-refractivity contribution in [3.63, 3.8) is 0 Å². The summed E-state index contributed by atoms with van der Waals surface area (Å²) in [6.45, 7) is 0. The van der Waals surface area contributed by atoms with E-state index in [4.69, 9.17) is 16.1 Å². The second-order valence-electron chi connectivity index (χ2n) is 7.52. The van der Waals surface area contributed by atoms with Crippen LogP contribution in [0, 0.1) is 5.92 Å². The maximum atomic E-state index is 12.2. The zero-order valence-corrected chi connectivity index (χ0v) is 17.3. The number of benzene rings is 2. The Morgan fingerprint density at radius 2 is 1.84 bits per heavy atom. The summed E-state index contributed by atoms with van der Waals surface area (Å²) in [6.07, 6.45) is 2.88. The summed E-state index contributed by atoms with van der Waals surface area (Å²) in [5.74, 6) is -0.261. The Labute approximate surface area is 183 Å². The first kappa shape index (κ1) is 20.9. The molecule has 1 aliphatic carbocycles. The molecule has 1 aromatic heterocycles. The molecule has 0 aliphatic heterocycles. The van der Waals surface area contributed by atoms with Crippen LogP contribution in [0.2, 0.25) is 5.02 Å². The number of nitrogens with zero attached hydrogens (tertiary/aromatic N) is 2. The molecular weight excluding hydrogens is 420 g/mol. The van der Waals surface area contributed by atoms with E-state index < -0.39 is 5.97 Å². The molecule has 1 aliphatic rings. The number of aromatic nitrogens is 2. The van der Waals surface area contributed by atoms with Crippen molar-refractivity contribution in [3.05, 3.63) is 59.4 Å². The predicted molar refractivity (Wildman–Crippen MR) is 116 cm³/mol. The van der Waals surface area contributed by atoms with E-state index in [1.165, 1.54) is 0 Å². The van der Waals surface area contributed by atoms with Crippen LogP contribution in [0.5, 0.6) is 0 Å². The summed E-state index contributed by atoms with van der Waals surface area (Å²) < 4.78 is 5.41. The van der Waals surface area contributed by atoms with Crippen molar-refractivity contribution in [1.29, 1.82) is 0 Å². The number of hydrogen-bond acceptors (Lipinski definition) is 5. The van der Waals surface area contributed by atoms with Crippen molar-refractivity contribution in [2.75, 3.05) is 10.6 Å². The van der Waals surface area contributed by atoms with Gasteiger partial charge in [0, 0.05) is 27.9 Å². The van der Waals surface area contributed by atoms with Crippen molar-refractivity contribution in [2.45, 2.75) is 31.6 Å². The first-order valence-corrected chi connectivity index (χ1v) is 10.4. The van der Waals surface area contributed by atoms with Crippen LogP contribution >= 0.6 is 11.6 Å². The number of carboxylic acid groups (broad SMARTS) is 1. The topological polar surface area (TPSA) is 117 Å². The van der Waals surface area contributed by atoms with Gasteiger partial charge in [0.05, 0.1) is 5.92 Å². The fraction of sp³-hybridized carbons (Fsp3) is 0.273. The van der Waals surface area contributed by atoms with Gasteiger partial charge in [-0.1, -0.05) is 29.2 Å². The molecule has 2 amide bonds. The van der Waals surface area contributed by atoms with Crippen molar-refractivity contribution >= 4 is 35.0 Å². The van der Waals surface area contributed by atoms with Crippen molar-refractivity contribution in [3.8, 4) is 11.4 Å². The molecule has 0 saturated heterocycles. The molecule has 4 rings (SSSR count).